The molecule has 1 amide bonds. The molecule has 0 fully saturated rings. The Morgan fingerprint density at radius 1 is 1.23 bits per heavy atom. The van der Waals surface area contributed by atoms with Crippen molar-refractivity contribution in [1.29, 1.82) is 0 Å². The Morgan fingerprint density at radius 2 is 1.91 bits per heavy atom. The Bertz CT molecular complexity index is 717. The average molecular weight is 307 g/mol. The molecule has 0 saturated heterocycles. The van der Waals surface area contributed by atoms with Gasteiger partial charge in [-0.1, -0.05) is 30.3 Å². The first-order valence-corrected chi connectivity index (χ1v) is 6.60. The van der Waals surface area contributed by atoms with Crippen LogP contribution < -0.4 is 5.73 Å². The minimum absolute atomic E-state index is 0.00109. The van der Waals surface area contributed by atoms with Crippen LogP contribution in [0.15, 0.2) is 52.5 Å². The second-order valence-electron chi connectivity index (χ2n) is 4.90. The largest absolute Gasteiger partial charge is 0.417 e. The van der Waals surface area contributed by atoms with Crippen molar-refractivity contribution in [2.24, 2.45) is 10.7 Å². The zero-order chi connectivity index (χ0) is 15.9. The third-order valence-electron chi connectivity index (χ3n) is 3.53. The highest BCUT2D eigenvalue weighted by atomic mass is 19.4. The molecule has 0 unspecified atom stereocenters. The first kappa shape index (κ1) is 14.4. The molecule has 114 valence electrons. The van der Waals surface area contributed by atoms with Crippen LogP contribution in [0, 0.1) is 0 Å². The summed E-state index contributed by atoms with van der Waals surface area (Å²) in [5, 5.41) is 0. The van der Waals surface area contributed by atoms with E-state index in [4.69, 9.17) is 5.73 Å². The fraction of sp³-hybridized carbons (Fsp3) is 0.200. The number of benzene rings is 1. The maximum Gasteiger partial charge on any atom is 0.417 e. The summed E-state index contributed by atoms with van der Waals surface area (Å²) >= 11 is 0. The fourth-order valence-corrected chi connectivity index (χ4v) is 2.62. The van der Waals surface area contributed by atoms with E-state index >= 15 is 0 Å². The number of hydrogen-bond donors (Lipinski definition) is 1. The van der Waals surface area contributed by atoms with Crippen LogP contribution in [0.25, 0.3) is 5.70 Å². The number of carbonyl (C=O) groups excluding carboxylic acids is 1. The molecule has 0 aliphatic carbocycles. The molecule has 1 aromatic carbocycles. The number of nitrogens with two attached hydrogens (primary N) is 1. The van der Waals surface area contributed by atoms with Gasteiger partial charge in [-0.15, -0.1) is 0 Å². The molecule has 3 rings (SSSR count). The number of rotatable bonds is 2. The van der Waals surface area contributed by atoms with Crippen molar-refractivity contribution in [2.75, 3.05) is 13.1 Å². The minimum atomic E-state index is -4.68. The van der Waals surface area contributed by atoms with Crippen molar-refractivity contribution in [1.82, 2.24) is 4.90 Å². The van der Waals surface area contributed by atoms with E-state index in [2.05, 4.69) is 4.99 Å². The van der Waals surface area contributed by atoms with Gasteiger partial charge in [0.05, 0.1) is 23.4 Å². The van der Waals surface area contributed by atoms with E-state index < -0.39 is 23.2 Å². The molecule has 2 aliphatic heterocycles. The van der Waals surface area contributed by atoms with Crippen LogP contribution in [-0.4, -0.2) is 35.9 Å². The van der Waals surface area contributed by atoms with Crippen LogP contribution in [0.1, 0.15) is 5.56 Å². The van der Waals surface area contributed by atoms with Crippen LogP contribution in [-0.2, 0) is 4.79 Å². The monoisotopic (exact) mass is 307 g/mol. The number of halogens is 3. The Kier molecular flexibility index (Phi) is 3.27. The molecule has 2 heterocycles. The summed E-state index contributed by atoms with van der Waals surface area (Å²) < 4.78 is 39.9. The van der Waals surface area contributed by atoms with Gasteiger partial charge in [0.1, 0.15) is 5.84 Å². The van der Waals surface area contributed by atoms with E-state index in [0.29, 0.717) is 24.4 Å². The van der Waals surface area contributed by atoms with Gasteiger partial charge in [0.2, 0.25) is 0 Å². The molecule has 4 nitrogen and oxygen atoms in total. The molecule has 7 heteroatoms. The van der Waals surface area contributed by atoms with Gasteiger partial charge in [0.15, 0.2) is 0 Å². The molecule has 0 bridgehead atoms. The summed E-state index contributed by atoms with van der Waals surface area (Å²) in [6, 6.07) is 8.69. The van der Waals surface area contributed by atoms with E-state index in [-0.39, 0.29) is 5.84 Å². The van der Waals surface area contributed by atoms with Crippen molar-refractivity contribution in [3.63, 3.8) is 0 Å². The zero-order valence-electron chi connectivity index (χ0n) is 11.4. The molecule has 22 heavy (non-hydrogen) atoms. The molecule has 0 spiro atoms. The van der Waals surface area contributed by atoms with Crippen molar-refractivity contribution >= 4 is 17.4 Å². The molecule has 0 aromatic heterocycles. The van der Waals surface area contributed by atoms with Gasteiger partial charge in [-0.3, -0.25) is 9.79 Å². The number of nitrogens with zero attached hydrogens (tertiary/aromatic N) is 2. The topological polar surface area (TPSA) is 58.7 Å². The molecule has 0 radical (unpaired) electrons. The number of carbonyl (C=O) groups is 1. The van der Waals surface area contributed by atoms with Gasteiger partial charge in [0, 0.05) is 6.54 Å². The summed E-state index contributed by atoms with van der Waals surface area (Å²) in [4.78, 5) is 17.2. The number of allylic oxidation sites excluding steroid dienone is 2. The summed E-state index contributed by atoms with van der Waals surface area (Å²) in [5.41, 5.74) is 4.55. The lowest BCUT2D eigenvalue weighted by molar-refractivity contribution is -0.115. The number of amidine groups is 1. The first-order chi connectivity index (χ1) is 10.4. The lowest BCUT2D eigenvalue weighted by atomic mass is 9.96. The zero-order valence-corrected chi connectivity index (χ0v) is 11.4. The van der Waals surface area contributed by atoms with Crippen LogP contribution in [0.5, 0.6) is 0 Å². The van der Waals surface area contributed by atoms with E-state index in [1.165, 1.54) is 0 Å². The average Bonchev–Trinajstić information content (AvgIpc) is 2.94. The van der Waals surface area contributed by atoms with Crippen LogP contribution in [0.4, 0.5) is 13.2 Å². The number of fused-ring (bicyclic) bond motifs is 1. The van der Waals surface area contributed by atoms with Crippen molar-refractivity contribution in [3.05, 3.63) is 53.1 Å². The lowest BCUT2D eigenvalue weighted by Crippen LogP contribution is -2.38. The maximum atomic E-state index is 13.3. The van der Waals surface area contributed by atoms with Gasteiger partial charge < -0.3 is 10.6 Å². The minimum Gasteiger partial charge on any atom is -0.365 e. The normalized spacial score (nSPS) is 18.0. The molecule has 2 N–H and O–H groups in total. The predicted molar refractivity (Wildman–Crippen MR) is 75.7 cm³/mol. The number of hydrogen-bond acceptors (Lipinski definition) is 3. The van der Waals surface area contributed by atoms with Crippen LogP contribution >= 0.6 is 0 Å². The number of amides is 1. The number of alkyl halides is 3. The summed E-state index contributed by atoms with van der Waals surface area (Å²) in [7, 11) is 0. The van der Waals surface area contributed by atoms with Gasteiger partial charge in [-0.05, 0) is 11.6 Å². The quantitative estimate of drug-likeness (QED) is 0.909. The molecule has 0 saturated carbocycles. The molecule has 0 atom stereocenters. The van der Waals surface area contributed by atoms with E-state index in [0.717, 1.165) is 6.08 Å². The maximum absolute atomic E-state index is 13.3. The second-order valence-corrected chi connectivity index (χ2v) is 4.90. The lowest BCUT2D eigenvalue weighted by Gasteiger charge is -2.30. The molecule has 1 aromatic rings. The SMILES string of the molecule is NC(=O)C1=C(C(F)(F)F)C=C(c2ccccc2)N2CCN=C12. The van der Waals surface area contributed by atoms with Gasteiger partial charge in [0.25, 0.3) is 5.91 Å². The van der Waals surface area contributed by atoms with Crippen LogP contribution in [0.3, 0.4) is 0 Å². The summed E-state index contributed by atoms with van der Waals surface area (Å²) in [6.45, 7) is 0.736. The molecular weight excluding hydrogens is 295 g/mol. The first-order valence-electron chi connectivity index (χ1n) is 6.60. The summed E-state index contributed by atoms with van der Waals surface area (Å²) in [5.74, 6) is -1.12. The Hall–Kier alpha value is -2.57. The van der Waals surface area contributed by atoms with E-state index in [1.807, 2.05) is 0 Å². The molecule has 2 aliphatic rings. The highest BCUT2D eigenvalue weighted by Gasteiger charge is 2.43. The van der Waals surface area contributed by atoms with E-state index in [1.54, 1.807) is 35.2 Å². The van der Waals surface area contributed by atoms with E-state index in [9.17, 15) is 18.0 Å². The second kappa shape index (κ2) is 5.01. The number of aliphatic imine (C=N–C) groups is 1. The Balaban J connectivity index is 2.24. The van der Waals surface area contributed by atoms with Gasteiger partial charge in [-0.25, -0.2) is 0 Å². The van der Waals surface area contributed by atoms with Crippen LogP contribution in [0.2, 0.25) is 0 Å². The van der Waals surface area contributed by atoms with Crippen molar-refractivity contribution < 1.29 is 18.0 Å². The number of primary amides is 1. The third kappa shape index (κ3) is 2.28. The standard InChI is InChI=1S/C15H12F3N3O/c16-15(17,18)10-8-11(9-4-2-1-3-5-9)21-7-6-20-14(21)12(10)13(19)22/h1-5,8H,6-7H2,(H2,19,22). The Labute approximate surface area is 124 Å². The smallest absolute Gasteiger partial charge is 0.365 e. The highest BCUT2D eigenvalue weighted by molar-refractivity contribution is 6.24. The predicted octanol–water partition coefficient (Wildman–Crippen LogP) is 2.10. The third-order valence-corrected chi connectivity index (χ3v) is 3.53. The van der Waals surface area contributed by atoms with Crippen molar-refractivity contribution in [3.8, 4) is 0 Å². The highest BCUT2D eigenvalue weighted by Crippen LogP contribution is 2.38. The van der Waals surface area contributed by atoms with Gasteiger partial charge in [-0.2, -0.15) is 13.2 Å². The fourth-order valence-electron chi connectivity index (χ4n) is 2.62. The molecular formula is C15H12F3N3O. The Morgan fingerprint density at radius 3 is 2.50 bits per heavy atom. The summed E-state index contributed by atoms with van der Waals surface area (Å²) in [6.07, 6.45) is -3.71. The van der Waals surface area contributed by atoms with Crippen molar-refractivity contribution in [2.45, 2.75) is 6.18 Å². The van der Waals surface area contributed by atoms with Gasteiger partial charge >= 0.3 is 6.18 Å².